The van der Waals surface area contributed by atoms with Crippen LogP contribution in [0.2, 0.25) is 0 Å². The summed E-state index contributed by atoms with van der Waals surface area (Å²) in [6.07, 6.45) is -6.32. The molecule has 0 spiro atoms. The second kappa shape index (κ2) is 5.69. The Kier molecular flexibility index (Phi) is 4.13. The van der Waals surface area contributed by atoms with Crippen molar-refractivity contribution in [3.63, 3.8) is 0 Å². The molecule has 2 aromatic rings. The average Bonchev–Trinajstić information content (AvgIpc) is 2.40. The van der Waals surface area contributed by atoms with Crippen LogP contribution in [0.25, 0.3) is 0 Å². The normalized spacial score (nSPS) is 13.0. The number of hydrogen-bond acceptors (Lipinski definition) is 2. The van der Waals surface area contributed by atoms with Gasteiger partial charge in [0.15, 0.2) is 0 Å². The van der Waals surface area contributed by atoms with E-state index in [1.165, 1.54) is 0 Å². The van der Waals surface area contributed by atoms with Gasteiger partial charge >= 0.3 is 6.36 Å². The SMILES string of the molecule is OC(c1ccc(OC(F)(F)F)cc1)c1cc(F)ccc1F. The van der Waals surface area contributed by atoms with Crippen molar-refractivity contribution in [2.45, 2.75) is 12.5 Å². The lowest BCUT2D eigenvalue weighted by Crippen LogP contribution is -2.17. The number of halogens is 5. The third-order valence-corrected chi connectivity index (χ3v) is 2.68. The quantitative estimate of drug-likeness (QED) is 0.870. The van der Waals surface area contributed by atoms with Crippen molar-refractivity contribution >= 4 is 0 Å². The van der Waals surface area contributed by atoms with Gasteiger partial charge in [-0.2, -0.15) is 0 Å². The van der Waals surface area contributed by atoms with Crippen molar-refractivity contribution in [3.8, 4) is 5.75 Å². The molecule has 0 bridgehead atoms. The molecule has 21 heavy (non-hydrogen) atoms. The molecule has 0 heterocycles. The van der Waals surface area contributed by atoms with Crippen molar-refractivity contribution < 1.29 is 31.8 Å². The van der Waals surface area contributed by atoms with Crippen LogP contribution >= 0.6 is 0 Å². The summed E-state index contributed by atoms with van der Waals surface area (Å²) in [6, 6.07) is 6.79. The molecule has 0 saturated heterocycles. The van der Waals surface area contributed by atoms with E-state index in [-0.39, 0.29) is 11.1 Å². The van der Waals surface area contributed by atoms with E-state index in [1.807, 2.05) is 0 Å². The molecule has 0 saturated carbocycles. The molecule has 0 aliphatic rings. The van der Waals surface area contributed by atoms with Crippen molar-refractivity contribution in [3.05, 3.63) is 65.2 Å². The number of aliphatic hydroxyl groups is 1. The summed E-state index contributed by atoms with van der Waals surface area (Å²) in [4.78, 5) is 0. The van der Waals surface area contributed by atoms with Gasteiger partial charge in [0.25, 0.3) is 0 Å². The zero-order chi connectivity index (χ0) is 15.6. The maximum absolute atomic E-state index is 13.5. The predicted octanol–water partition coefficient (Wildman–Crippen LogP) is 3.95. The van der Waals surface area contributed by atoms with Crippen LogP contribution in [0, 0.1) is 11.6 Å². The van der Waals surface area contributed by atoms with Crippen LogP contribution in [0.1, 0.15) is 17.2 Å². The molecule has 1 atom stereocenters. The Labute approximate surface area is 116 Å². The van der Waals surface area contributed by atoms with Crippen molar-refractivity contribution in [1.29, 1.82) is 0 Å². The lowest BCUT2D eigenvalue weighted by molar-refractivity contribution is -0.274. The number of aliphatic hydroxyl groups excluding tert-OH is 1. The van der Waals surface area contributed by atoms with Crippen molar-refractivity contribution in [2.75, 3.05) is 0 Å². The maximum Gasteiger partial charge on any atom is 0.573 e. The van der Waals surface area contributed by atoms with Crippen LogP contribution in [0.5, 0.6) is 5.75 Å². The Balaban J connectivity index is 2.24. The average molecular weight is 304 g/mol. The van der Waals surface area contributed by atoms with Gasteiger partial charge in [-0.05, 0) is 35.9 Å². The fourth-order valence-corrected chi connectivity index (χ4v) is 1.76. The fraction of sp³-hybridized carbons (Fsp3) is 0.143. The van der Waals surface area contributed by atoms with E-state index in [9.17, 15) is 27.1 Å². The van der Waals surface area contributed by atoms with Gasteiger partial charge in [0.2, 0.25) is 0 Å². The molecule has 0 aromatic heterocycles. The van der Waals surface area contributed by atoms with Gasteiger partial charge in [-0.15, -0.1) is 13.2 Å². The standard InChI is InChI=1S/C14H9F5O2/c15-9-3-6-12(16)11(7-9)13(20)8-1-4-10(5-2-8)21-14(17,18)19/h1-7,13,20H. The van der Waals surface area contributed by atoms with E-state index in [1.54, 1.807) is 0 Å². The molecule has 112 valence electrons. The first-order valence-electron chi connectivity index (χ1n) is 5.75. The predicted molar refractivity (Wildman–Crippen MR) is 63.5 cm³/mol. The lowest BCUT2D eigenvalue weighted by Gasteiger charge is -2.14. The van der Waals surface area contributed by atoms with Gasteiger partial charge < -0.3 is 9.84 Å². The maximum atomic E-state index is 13.5. The van der Waals surface area contributed by atoms with E-state index in [2.05, 4.69) is 4.74 Å². The van der Waals surface area contributed by atoms with Crippen LogP contribution in [0.3, 0.4) is 0 Å². The third kappa shape index (κ3) is 3.91. The monoisotopic (exact) mass is 304 g/mol. The molecule has 2 aromatic carbocycles. The van der Waals surface area contributed by atoms with Gasteiger partial charge in [-0.1, -0.05) is 12.1 Å². The summed E-state index contributed by atoms with van der Waals surface area (Å²) in [5.74, 6) is -2.03. The van der Waals surface area contributed by atoms with E-state index >= 15 is 0 Å². The van der Waals surface area contributed by atoms with Gasteiger partial charge in [0.1, 0.15) is 23.5 Å². The van der Waals surface area contributed by atoms with Crippen molar-refractivity contribution in [2.24, 2.45) is 0 Å². The fourth-order valence-electron chi connectivity index (χ4n) is 1.76. The van der Waals surface area contributed by atoms with Gasteiger partial charge in [-0.3, -0.25) is 0 Å². The van der Waals surface area contributed by atoms with Crippen LogP contribution in [0.15, 0.2) is 42.5 Å². The Morgan fingerprint density at radius 3 is 2.14 bits per heavy atom. The van der Waals surface area contributed by atoms with Gasteiger partial charge in [0, 0.05) is 5.56 Å². The first-order valence-corrected chi connectivity index (χ1v) is 5.75. The van der Waals surface area contributed by atoms with Gasteiger partial charge in [0.05, 0.1) is 0 Å². The van der Waals surface area contributed by atoms with E-state index < -0.39 is 29.9 Å². The lowest BCUT2D eigenvalue weighted by atomic mass is 10.0. The molecule has 0 amide bonds. The highest BCUT2D eigenvalue weighted by atomic mass is 19.4. The molecule has 2 nitrogen and oxygen atoms in total. The summed E-state index contributed by atoms with van der Waals surface area (Å²) in [5, 5.41) is 9.95. The summed E-state index contributed by atoms with van der Waals surface area (Å²) < 4.78 is 66.2. The second-order valence-electron chi connectivity index (χ2n) is 4.19. The summed E-state index contributed by atoms with van der Waals surface area (Å²) >= 11 is 0. The Bertz CT molecular complexity index is 622. The topological polar surface area (TPSA) is 29.5 Å². The molecule has 2 rings (SSSR count). The molecule has 0 aliphatic heterocycles. The van der Waals surface area contributed by atoms with E-state index in [0.29, 0.717) is 0 Å². The third-order valence-electron chi connectivity index (χ3n) is 2.68. The molecular formula is C14H9F5O2. The Morgan fingerprint density at radius 2 is 1.57 bits per heavy atom. The van der Waals surface area contributed by atoms with Crippen LogP contribution < -0.4 is 4.74 Å². The number of alkyl halides is 3. The first kappa shape index (κ1) is 15.2. The summed E-state index contributed by atoms with van der Waals surface area (Å²) in [5.41, 5.74) is -0.200. The smallest absolute Gasteiger partial charge is 0.406 e. The molecule has 1 N–H and O–H groups in total. The minimum atomic E-state index is -4.82. The molecule has 0 radical (unpaired) electrons. The number of benzene rings is 2. The minimum Gasteiger partial charge on any atom is -0.406 e. The second-order valence-corrected chi connectivity index (χ2v) is 4.19. The summed E-state index contributed by atoms with van der Waals surface area (Å²) in [7, 11) is 0. The summed E-state index contributed by atoms with van der Waals surface area (Å²) in [6.45, 7) is 0. The number of ether oxygens (including phenoxy) is 1. The van der Waals surface area contributed by atoms with Crippen molar-refractivity contribution in [1.82, 2.24) is 0 Å². The van der Waals surface area contributed by atoms with E-state index in [4.69, 9.17) is 0 Å². The first-order chi connectivity index (χ1) is 9.76. The zero-order valence-corrected chi connectivity index (χ0v) is 10.4. The molecular weight excluding hydrogens is 295 g/mol. The molecule has 0 aliphatic carbocycles. The van der Waals surface area contributed by atoms with E-state index in [0.717, 1.165) is 42.5 Å². The molecule has 0 fully saturated rings. The number of rotatable bonds is 3. The number of hydrogen-bond donors (Lipinski definition) is 1. The molecule has 1 unspecified atom stereocenters. The highest BCUT2D eigenvalue weighted by Gasteiger charge is 2.31. The van der Waals surface area contributed by atoms with Gasteiger partial charge in [-0.25, -0.2) is 8.78 Å². The molecule has 7 heteroatoms. The Hall–Kier alpha value is -2.15. The minimum absolute atomic E-state index is 0.106. The Morgan fingerprint density at radius 1 is 0.952 bits per heavy atom. The highest BCUT2D eigenvalue weighted by Crippen LogP contribution is 2.28. The zero-order valence-electron chi connectivity index (χ0n) is 10.4. The highest BCUT2D eigenvalue weighted by molar-refractivity contribution is 5.34. The van der Waals surface area contributed by atoms with Crippen LogP contribution in [0.4, 0.5) is 22.0 Å². The van der Waals surface area contributed by atoms with Crippen LogP contribution in [-0.2, 0) is 0 Å². The van der Waals surface area contributed by atoms with Crippen LogP contribution in [-0.4, -0.2) is 11.5 Å². The largest absolute Gasteiger partial charge is 0.573 e.